The predicted octanol–water partition coefficient (Wildman–Crippen LogP) is 0.665. The molecule has 0 bridgehead atoms. The molecule has 17 heavy (non-hydrogen) atoms. The van der Waals surface area contributed by atoms with Crippen molar-refractivity contribution in [3.8, 4) is 0 Å². The highest BCUT2D eigenvalue weighted by Crippen LogP contribution is 1.95. The minimum absolute atomic E-state index is 0.181. The summed E-state index contributed by atoms with van der Waals surface area (Å²) in [6, 6.07) is -0.181. The maximum absolute atomic E-state index is 11.2. The van der Waals surface area contributed by atoms with Crippen molar-refractivity contribution in [2.24, 2.45) is 0 Å². The van der Waals surface area contributed by atoms with E-state index in [1.54, 1.807) is 7.11 Å². The summed E-state index contributed by atoms with van der Waals surface area (Å²) in [4.78, 5) is 22.0. The Balaban J connectivity index is 3.24. The second-order valence-corrected chi connectivity index (χ2v) is 3.56. The van der Waals surface area contributed by atoms with Crippen molar-refractivity contribution in [1.29, 1.82) is 0 Å². The van der Waals surface area contributed by atoms with Gasteiger partial charge in [0.2, 0.25) is 0 Å². The molecule has 0 aliphatic heterocycles. The molecular weight excluding hydrogens is 224 g/mol. The van der Waals surface area contributed by atoms with Crippen LogP contribution in [0.2, 0.25) is 0 Å². The van der Waals surface area contributed by atoms with Crippen LogP contribution < -0.4 is 10.6 Å². The Morgan fingerprint density at radius 3 is 2.24 bits per heavy atom. The smallest absolute Gasteiger partial charge is 0.314 e. The maximum atomic E-state index is 11.2. The van der Waals surface area contributed by atoms with Gasteiger partial charge in [-0.3, -0.25) is 4.79 Å². The van der Waals surface area contributed by atoms with Crippen molar-refractivity contribution >= 4 is 12.0 Å². The molecule has 0 saturated carbocycles. The highest BCUT2D eigenvalue weighted by molar-refractivity contribution is 5.73. The van der Waals surface area contributed by atoms with E-state index >= 15 is 0 Å². The molecule has 6 heteroatoms. The number of hydrogen-bond donors (Lipinski definition) is 2. The summed E-state index contributed by atoms with van der Waals surface area (Å²) in [6.45, 7) is 1.80. The zero-order valence-corrected chi connectivity index (χ0v) is 10.6. The average molecular weight is 246 g/mol. The number of urea groups is 1. The molecule has 0 aliphatic rings. The van der Waals surface area contributed by atoms with Crippen molar-refractivity contribution < 1.29 is 19.1 Å². The largest absolute Gasteiger partial charge is 0.469 e. The summed E-state index contributed by atoms with van der Waals surface area (Å²) in [5, 5.41) is 5.41. The minimum atomic E-state index is -0.214. The topological polar surface area (TPSA) is 76.7 Å². The zero-order chi connectivity index (χ0) is 12.9. The fourth-order valence-corrected chi connectivity index (χ4v) is 1.18. The summed E-state index contributed by atoms with van der Waals surface area (Å²) in [5.74, 6) is -0.214. The van der Waals surface area contributed by atoms with Gasteiger partial charge in [-0.25, -0.2) is 4.79 Å². The second-order valence-electron chi connectivity index (χ2n) is 3.56. The van der Waals surface area contributed by atoms with Crippen LogP contribution in [0.1, 0.15) is 25.7 Å². The SMILES string of the molecule is COCCCNC(=O)NCCCCC(=O)OC. The monoisotopic (exact) mass is 246 g/mol. The van der Waals surface area contributed by atoms with Gasteiger partial charge >= 0.3 is 12.0 Å². The molecule has 0 aliphatic carbocycles. The second kappa shape index (κ2) is 11.2. The molecule has 0 aromatic rings. The molecule has 0 spiro atoms. The maximum Gasteiger partial charge on any atom is 0.314 e. The van der Waals surface area contributed by atoms with Gasteiger partial charge in [0, 0.05) is 33.2 Å². The minimum Gasteiger partial charge on any atom is -0.469 e. The third-order valence-corrected chi connectivity index (χ3v) is 2.13. The van der Waals surface area contributed by atoms with Crippen LogP contribution in [0.25, 0.3) is 0 Å². The summed E-state index contributed by atoms with van der Waals surface area (Å²) in [7, 11) is 3.00. The number of unbranched alkanes of at least 4 members (excludes halogenated alkanes) is 1. The van der Waals surface area contributed by atoms with Crippen LogP contribution in [-0.2, 0) is 14.3 Å². The molecule has 0 unspecified atom stereocenters. The van der Waals surface area contributed by atoms with Gasteiger partial charge in [0.25, 0.3) is 0 Å². The van der Waals surface area contributed by atoms with Crippen LogP contribution in [0, 0.1) is 0 Å². The van der Waals surface area contributed by atoms with Crippen LogP contribution >= 0.6 is 0 Å². The summed E-state index contributed by atoms with van der Waals surface area (Å²) >= 11 is 0. The highest BCUT2D eigenvalue weighted by Gasteiger charge is 2.01. The third-order valence-electron chi connectivity index (χ3n) is 2.13. The number of ether oxygens (including phenoxy) is 2. The van der Waals surface area contributed by atoms with Gasteiger partial charge in [-0.2, -0.15) is 0 Å². The van der Waals surface area contributed by atoms with Crippen LogP contribution in [-0.4, -0.2) is 45.9 Å². The number of methoxy groups -OCH3 is 2. The highest BCUT2D eigenvalue weighted by atomic mass is 16.5. The molecule has 0 heterocycles. The Morgan fingerprint density at radius 2 is 1.65 bits per heavy atom. The fraction of sp³-hybridized carbons (Fsp3) is 0.818. The lowest BCUT2D eigenvalue weighted by atomic mass is 10.2. The lowest BCUT2D eigenvalue weighted by molar-refractivity contribution is -0.140. The van der Waals surface area contributed by atoms with E-state index in [1.165, 1.54) is 7.11 Å². The van der Waals surface area contributed by atoms with Crippen molar-refractivity contribution in [2.45, 2.75) is 25.7 Å². The van der Waals surface area contributed by atoms with Crippen LogP contribution in [0.15, 0.2) is 0 Å². The Kier molecular flexibility index (Phi) is 10.3. The standard InChI is InChI=1S/C11H22N2O4/c1-16-9-5-8-13-11(15)12-7-4-3-6-10(14)17-2/h3-9H2,1-2H3,(H2,12,13,15). The number of rotatable bonds is 9. The molecule has 0 saturated heterocycles. The van der Waals surface area contributed by atoms with E-state index < -0.39 is 0 Å². The molecule has 0 atom stereocenters. The van der Waals surface area contributed by atoms with E-state index in [2.05, 4.69) is 15.4 Å². The fourth-order valence-electron chi connectivity index (χ4n) is 1.18. The molecule has 0 aromatic carbocycles. The van der Waals surface area contributed by atoms with Gasteiger partial charge in [0.05, 0.1) is 7.11 Å². The molecular formula is C11H22N2O4. The lowest BCUT2D eigenvalue weighted by Gasteiger charge is -2.06. The van der Waals surface area contributed by atoms with Gasteiger partial charge in [0.1, 0.15) is 0 Å². The van der Waals surface area contributed by atoms with E-state index in [9.17, 15) is 9.59 Å². The predicted molar refractivity (Wildman–Crippen MR) is 63.8 cm³/mol. The number of hydrogen-bond acceptors (Lipinski definition) is 4. The molecule has 0 fully saturated rings. The number of esters is 1. The van der Waals surface area contributed by atoms with Gasteiger partial charge in [-0.05, 0) is 19.3 Å². The van der Waals surface area contributed by atoms with E-state index in [0.717, 1.165) is 19.3 Å². The van der Waals surface area contributed by atoms with Crippen LogP contribution in [0.5, 0.6) is 0 Å². The van der Waals surface area contributed by atoms with E-state index in [-0.39, 0.29) is 12.0 Å². The van der Waals surface area contributed by atoms with Crippen molar-refractivity contribution in [2.75, 3.05) is 33.9 Å². The van der Waals surface area contributed by atoms with Crippen LogP contribution in [0.3, 0.4) is 0 Å². The van der Waals surface area contributed by atoms with Crippen molar-refractivity contribution in [3.05, 3.63) is 0 Å². The van der Waals surface area contributed by atoms with Gasteiger partial charge in [-0.1, -0.05) is 0 Å². The van der Waals surface area contributed by atoms with E-state index in [4.69, 9.17) is 4.74 Å². The number of nitrogens with one attached hydrogen (secondary N) is 2. The van der Waals surface area contributed by atoms with Gasteiger partial charge in [-0.15, -0.1) is 0 Å². The van der Waals surface area contributed by atoms with Gasteiger partial charge in [0.15, 0.2) is 0 Å². The molecule has 0 rings (SSSR count). The number of carbonyl (C=O) groups is 2. The Morgan fingerprint density at radius 1 is 1.00 bits per heavy atom. The number of amides is 2. The molecule has 6 nitrogen and oxygen atoms in total. The zero-order valence-electron chi connectivity index (χ0n) is 10.6. The quantitative estimate of drug-likeness (QED) is 0.463. The number of carbonyl (C=O) groups excluding carboxylic acids is 2. The lowest BCUT2D eigenvalue weighted by Crippen LogP contribution is -2.36. The van der Waals surface area contributed by atoms with E-state index in [0.29, 0.717) is 26.1 Å². The average Bonchev–Trinajstić information content (AvgIpc) is 2.34. The first-order valence-corrected chi connectivity index (χ1v) is 5.78. The van der Waals surface area contributed by atoms with Crippen molar-refractivity contribution in [3.63, 3.8) is 0 Å². The summed E-state index contributed by atoms with van der Waals surface area (Å²) < 4.78 is 9.36. The first-order valence-electron chi connectivity index (χ1n) is 5.78. The first-order chi connectivity index (χ1) is 8.20. The van der Waals surface area contributed by atoms with E-state index in [1.807, 2.05) is 0 Å². The molecule has 0 radical (unpaired) electrons. The Labute approximate surface area is 102 Å². The molecule has 0 aromatic heterocycles. The molecule has 100 valence electrons. The van der Waals surface area contributed by atoms with Crippen molar-refractivity contribution in [1.82, 2.24) is 10.6 Å². The Bertz CT molecular complexity index is 222. The third kappa shape index (κ3) is 11.0. The normalized spacial score (nSPS) is 9.76. The molecule has 2 N–H and O–H groups in total. The summed E-state index contributed by atoms with van der Waals surface area (Å²) in [6.07, 6.45) is 2.68. The first kappa shape index (κ1) is 15.7. The molecule has 2 amide bonds. The van der Waals surface area contributed by atoms with Gasteiger partial charge < -0.3 is 20.1 Å². The van der Waals surface area contributed by atoms with Crippen LogP contribution in [0.4, 0.5) is 4.79 Å². The Hall–Kier alpha value is -1.30. The summed E-state index contributed by atoms with van der Waals surface area (Å²) in [5.41, 5.74) is 0.